The third kappa shape index (κ3) is 3.53. The summed E-state index contributed by atoms with van der Waals surface area (Å²) in [5, 5.41) is 7.74. The van der Waals surface area contributed by atoms with Crippen LogP contribution in [0.15, 0.2) is 30.6 Å². The largest absolute Gasteiger partial charge is 0.354 e. The first-order chi connectivity index (χ1) is 11.0. The highest BCUT2D eigenvalue weighted by molar-refractivity contribution is 6.31. The van der Waals surface area contributed by atoms with E-state index in [1.54, 1.807) is 10.9 Å². The van der Waals surface area contributed by atoms with Gasteiger partial charge in [0.1, 0.15) is 11.9 Å². The lowest BCUT2D eigenvalue weighted by Gasteiger charge is -2.12. The van der Waals surface area contributed by atoms with E-state index in [0.29, 0.717) is 18.0 Å². The van der Waals surface area contributed by atoms with Crippen LogP contribution in [0.2, 0.25) is 5.02 Å². The molecular formula is C16H18ClN5O. The second-order valence-electron chi connectivity index (χ2n) is 5.56. The number of carbonyl (C=O) groups is 1. The van der Waals surface area contributed by atoms with Crippen LogP contribution in [0.4, 0.5) is 0 Å². The van der Waals surface area contributed by atoms with Gasteiger partial charge in [0, 0.05) is 24.2 Å². The lowest BCUT2D eigenvalue weighted by molar-refractivity contribution is -0.124. The number of nitrogens with zero attached hydrogens (tertiary/aromatic N) is 3. The number of amides is 1. The van der Waals surface area contributed by atoms with Crippen LogP contribution in [0.5, 0.6) is 0 Å². The Morgan fingerprint density at radius 2 is 2.30 bits per heavy atom. The number of fused-ring (bicyclic) bond motifs is 1. The lowest BCUT2D eigenvalue weighted by atomic mass is 10.3. The van der Waals surface area contributed by atoms with Crippen LogP contribution in [0, 0.1) is 6.92 Å². The summed E-state index contributed by atoms with van der Waals surface area (Å²) in [6, 6.07) is 5.19. The lowest BCUT2D eigenvalue weighted by Crippen LogP contribution is -2.32. The smallest absolute Gasteiger partial charge is 0.244 e. The molecule has 0 fully saturated rings. The molecular weight excluding hydrogens is 314 g/mol. The van der Waals surface area contributed by atoms with E-state index in [0.717, 1.165) is 22.4 Å². The molecule has 0 unspecified atom stereocenters. The molecule has 3 aromatic rings. The summed E-state index contributed by atoms with van der Waals surface area (Å²) >= 11 is 5.96. The summed E-state index contributed by atoms with van der Waals surface area (Å²) in [4.78, 5) is 19.8. The molecule has 0 radical (unpaired) electrons. The maximum Gasteiger partial charge on any atom is 0.244 e. The zero-order valence-corrected chi connectivity index (χ0v) is 13.8. The SMILES string of the molecule is Cc1cnn([C@H](C)C(=O)NCCc2nc3ccc(Cl)cc3[nH]2)c1. The molecule has 2 heterocycles. The van der Waals surface area contributed by atoms with E-state index in [9.17, 15) is 4.79 Å². The molecule has 0 aliphatic heterocycles. The standard InChI is InChI=1S/C16H18ClN5O/c1-10-8-19-22(9-10)11(2)16(23)18-6-5-15-20-13-4-3-12(17)7-14(13)21-15/h3-4,7-9,11H,5-6H2,1-2H3,(H,18,23)(H,20,21)/t11-/m1/s1. The van der Waals surface area contributed by atoms with Crippen LogP contribution < -0.4 is 5.32 Å². The van der Waals surface area contributed by atoms with E-state index < -0.39 is 0 Å². The third-order valence-corrected chi connectivity index (χ3v) is 3.90. The number of benzene rings is 1. The highest BCUT2D eigenvalue weighted by atomic mass is 35.5. The molecule has 1 amide bonds. The average Bonchev–Trinajstić information content (AvgIpc) is 3.11. The van der Waals surface area contributed by atoms with Crippen LogP contribution in [0.25, 0.3) is 11.0 Å². The topological polar surface area (TPSA) is 75.6 Å². The van der Waals surface area contributed by atoms with E-state index in [2.05, 4.69) is 20.4 Å². The summed E-state index contributed by atoms with van der Waals surface area (Å²) in [7, 11) is 0. The van der Waals surface area contributed by atoms with Gasteiger partial charge in [0.05, 0.1) is 17.2 Å². The Hall–Kier alpha value is -2.34. The number of rotatable bonds is 5. The molecule has 0 aliphatic carbocycles. The minimum atomic E-state index is -0.335. The van der Waals surface area contributed by atoms with Crippen molar-refractivity contribution in [3.63, 3.8) is 0 Å². The molecule has 1 atom stereocenters. The molecule has 2 aromatic heterocycles. The van der Waals surface area contributed by atoms with Gasteiger partial charge in [0.15, 0.2) is 0 Å². The van der Waals surface area contributed by atoms with Crippen LogP contribution >= 0.6 is 11.6 Å². The van der Waals surface area contributed by atoms with Gasteiger partial charge < -0.3 is 10.3 Å². The van der Waals surface area contributed by atoms with Gasteiger partial charge in [-0.3, -0.25) is 9.48 Å². The first-order valence-corrected chi connectivity index (χ1v) is 7.83. The molecule has 0 aliphatic rings. The van der Waals surface area contributed by atoms with Crippen molar-refractivity contribution < 1.29 is 4.79 Å². The van der Waals surface area contributed by atoms with Crippen molar-refractivity contribution in [3.8, 4) is 0 Å². The number of aromatic nitrogens is 4. The minimum absolute atomic E-state index is 0.0627. The Morgan fingerprint density at radius 3 is 3.04 bits per heavy atom. The van der Waals surface area contributed by atoms with Crippen molar-refractivity contribution in [2.75, 3.05) is 6.54 Å². The van der Waals surface area contributed by atoms with Gasteiger partial charge in [-0.25, -0.2) is 4.98 Å². The van der Waals surface area contributed by atoms with Gasteiger partial charge in [-0.05, 0) is 37.6 Å². The van der Waals surface area contributed by atoms with Gasteiger partial charge in [0.2, 0.25) is 5.91 Å². The summed E-state index contributed by atoms with van der Waals surface area (Å²) in [5.74, 6) is 0.761. The Balaban J connectivity index is 1.56. The van der Waals surface area contributed by atoms with Crippen molar-refractivity contribution in [1.29, 1.82) is 0 Å². The van der Waals surface area contributed by atoms with Crippen LogP contribution in [0.3, 0.4) is 0 Å². The van der Waals surface area contributed by atoms with Gasteiger partial charge >= 0.3 is 0 Å². The van der Waals surface area contributed by atoms with Crippen molar-refractivity contribution in [2.24, 2.45) is 0 Å². The second kappa shape index (κ2) is 6.42. The fourth-order valence-electron chi connectivity index (χ4n) is 2.37. The van der Waals surface area contributed by atoms with Crippen LogP contribution in [0.1, 0.15) is 24.4 Å². The van der Waals surface area contributed by atoms with Crippen molar-refractivity contribution in [1.82, 2.24) is 25.1 Å². The van der Waals surface area contributed by atoms with E-state index in [1.807, 2.05) is 38.2 Å². The van der Waals surface area contributed by atoms with Gasteiger partial charge in [-0.15, -0.1) is 0 Å². The van der Waals surface area contributed by atoms with Gasteiger partial charge in [-0.1, -0.05) is 11.6 Å². The monoisotopic (exact) mass is 331 g/mol. The summed E-state index contributed by atoms with van der Waals surface area (Å²) < 4.78 is 1.66. The molecule has 120 valence electrons. The summed E-state index contributed by atoms with van der Waals surface area (Å²) in [6.45, 7) is 4.28. The molecule has 6 nitrogen and oxygen atoms in total. The maximum atomic E-state index is 12.1. The van der Waals surface area contributed by atoms with Crippen LogP contribution in [-0.4, -0.2) is 32.2 Å². The zero-order valence-electron chi connectivity index (χ0n) is 13.0. The fourth-order valence-corrected chi connectivity index (χ4v) is 2.54. The van der Waals surface area contributed by atoms with Gasteiger partial charge in [0.25, 0.3) is 0 Å². The number of carbonyl (C=O) groups excluding carboxylic acids is 1. The Kier molecular flexibility index (Phi) is 4.34. The zero-order chi connectivity index (χ0) is 16.4. The summed E-state index contributed by atoms with van der Waals surface area (Å²) in [6.07, 6.45) is 4.22. The second-order valence-corrected chi connectivity index (χ2v) is 6.00. The molecule has 1 aromatic carbocycles. The van der Waals surface area contributed by atoms with E-state index in [1.165, 1.54) is 0 Å². The Labute approximate surface area is 138 Å². The van der Waals surface area contributed by atoms with Crippen LogP contribution in [-0.2, 0) is 11.2 Å². The first-order valence-electron chi connectivity index (χ1n) is 7.45. The summed E-state index contributed by atoms with van der Waals surface area (Å²) in [5.41, 5.74) is 2.81. The number of aromatic amines is 1. The fraction of sp³-hybridized carbons (Fsp3) is 0.312. The van der Waals surface area contributed by atoms with E-state index in [-0.39, 0.29) is 11.9 Å². The molecule has 2 N–H and O–H groups in total. The van der Waals surface area contributed by atoms with Crippen molar-refractivity contribution >= 4 is 28.5 Å². The quantitative estimate of drug-likeness (QED) is 0.754. The predicted molar refractivity (Wildman–Crippen MR) is 89.5 cm³/mol. The number of imidazole rings is 1. The normalized spacial score (nSPS) is 12.5. The highest BCUT2D eigenvalue weighted by Crippen LogP contribution is 2.17. The number of hydrogen-bond acceptors (Lipinski definition) is 3. The number of nitrogens with one attached hydrogen (secondary N) is 2. The number of halogens is 1. The minimum Gasteiger partial charge on any atom is -0.354 e. The highest BCUT2D eigenvalue weighted by Gasteiger charge is 2.15. The average molecular weight is 332 g/mol. The third-order valence-electron chi connectivity index (χ3n) is 3.66. The molecule has 3 rings (SSSR count). The molecule has 0 bridgehead atoms. The molecule has 0 saturated heterocycles. The number of hydrogen-bond donors (Lipinski definition) is 2. The van der Waals surface area contributed by atoms with Crippen molar-refractivity contribution in [3.05, 3.63) is 47.0 Å². The number of aryl methyl sites for hydroxylation is 1. The van der Waals surface area contributed by atoms with E-state index >= 15 is 0 Å². The van der Waals surface area contributed by atoms with E-state index in [4.69, 9.17) is 11.6 Å². The molecule has 23 heavy (non-hydrogen) atoms. The molecule has 0 spiro atoms. The van der Waals surface area contributed by atoms with Crippen molar-refractivity contribution in [2.45, 2.75) is 26.3 Å². The molecule has 7 heteroatoms. The predicted octanol–water partition coefficient (Wildman–Crippen LogP) is 2.64. The maximum absolute atomic E-state index is 12.1. The Morgan fingerprint density at radius 1 is 1.48 bits per heavy atom. The Bertz CT molecular complexity index is 838. The number of H-pyrrole nitrogens is 1. The van der Waals surface area contributed by atoms with Gasteiger partial charge in [-0.2, -0.15) is 5.10 Å². The first kappa shape index (κ1) is 15.6. The molecule has 0 saturated carbocycles.